The number of rotatable bonds is 7. The van der Waals surface area contributed by atoms with E-state index in [0.29, 0.717) is 5.02 Å². The number of carbonyl (C=O) groups excluding carboxylic acids is 2. The molecule has 0 bridgehead atoms. The standard InChI is InChI=1S/C26H34ClN3O7S2/c1-25(2,3)36-23(31)29(16-18-9-7-10-19(27)15-18)14-13-28-39(34,35)21-12-8-11-20-22(21)38(33)17-30(20)24(32)37-26(4,5)6/h7-12,15,28H,13-14,16-17H2,1-6H3. The van der Waals surface area contributed by atoms with E-state index in [1.54, 1.807) is 65.8 Å². The molecule has 1 heterocycles. The summed E-state index contributed by atoms with van der Waals surface area (Å²) in [5.74, 6) is -0.219. The first-order valence-electron chi connectivity index (χ1n) is 12.2. The zero-order chi connectivity index (χ0) is 29.2. The fourth-order valence-corrected chi connectivity index (χ4v) is 6.94. The lowest BCUT2D eigenvalue weighted by atomic mass is 10.2. The lowest BCUT2D eigenvalue weighted by Gasteiger charge is -2.27. The molecule has 10 nitrogen and oxygen atoms in total. The molecule has 3 rings (SSSR count). The monoisotopic (exact) mass is 599 g/mol. The van der Waals surface area contributed by atoms with Gasteiger partial charge in [-0.25, -0.2) is 22.7 Å². The molecule has 0 spiro atoms. The van der Waals surface area contributed by atoms with Crippen molar-refractivity contribution in [2.24, 2.45) is 0 Å². The predicted molar refractivity (Wildman–Crippen MR) is 150 cm³/mol. The van der Waals surface area contributed by atoms with Crippen LogP contribution < -0.4 is 9.62 Å². The molecule has 1 atom stereocenters. The first kappa shape index (κ1) is 30.9. The number of nitrogens with zero attached hydrogens (tertiary/aromatic N) is 2. The second-order valence-corrected chi connectivity index (χ2v) is 14.4. The van der Waals surface area contributed by atoms with E-state index >= 15 is 0 Å². The Bertz CT molecular complexity index is 1370. The van der Waals surface area contributed by atoms with Crippen molar-refractivity contribution in [2.75, 3.05) is 23.9 Å². The minimum absolute atomic E-state index is 0.0111. The molecule has 39 heavy (non-hydrogen) atoms. The summed E-state index contributed by atoms with van der Waals surface area (Å²) in [6.45, 7) is 10.3. The van der Waals surface area contributed by atoms with Gasteiger partial charge >= 0.3 is 12.2 Å². The molecule has 2 aromatic rings. The first-order chi connectivity index (χ1) is 18.0. The number of nitrogens with one attached hydrogen (secondary N) is 1. The highest BCUT2D eigenvalue weighted by Crippen LogP contribution is 2.37. The first-order valence-corrected chi connectivity index (χ1v) is 15.4. The van der Waals surface area contributed by atoms with Crippen LogP contribution in [0.3, 0.4) is 0 Å². The molecular formula is C26H34ClN3O7S2. The minimum atomic E-state index is -4.16. The van der Waals surface area contributed by atoms with E-state index < -0.39 is 44.2 Å². The van der Waals surface area contributed by atoms with Crippen LogP contribution in [-0.4, -0.2) is 59.9 Å². The van der Waals surface area contributed by atoms with E-state index in [9.17, 15) is 22.2 Å². The van der Waals surface area contributed by atoms with Crippen molar-refractivity contribution in [1.82, 2.24) is 9.62 Å². The Labute approximate surface area is 237 Å². The molecule has 1 unspecified atom stereocenters. The molecule has 0 saturated heterocycles. The number of anilines is 1. The van der Waals surface area contributed by atoms with Gasteiger partial charge in [-0.15, -0.1) is 0 Å². The zero-order valence-corrected chi connectivity index (χ0v) is 25.2. The molecule has 2 amide bonds. The average molecular weight is 600 g/mol. The number of sulfonamides is 1. The maximum absolute atomic E-state index is 13.3. The molecule has 214 valence electrons. The molecule has 0 radical (unpaired) electrons. The number of halogens is 1. The van der Waals surface area contributed by atoms with Gasteiger partial charge in [0.15, 0.2) is 0 Å². The third kappa shape index (κ3) is 8.41. The van der Waals surface area contributed by atoms with Gasteiger partial charge in [-0.05, 0) is 71.4 Å². The summed E-state index contributed by atoms with van der Waals surface area (Å²) in [5.41, 5.74) is -0.577. The van der Waals surface area contributed by atoms with Crippen LogP contribution in [0.25, 0.3) is 0 Å². The lowest BCUT2D eigenvalue weighted by Crippen LogP contribution is -2.41. The molecule has 13 heteroatoms. The summed E-state index contributed by atoms with van der Waals surface area (Å²) in [5, 5.41) is 0.503. The van der Waals surface area contributed by atoms with Gasteiger partial charge in [-0.3, -0.25) is 9.11 Å². The van der Waals surface area contributed by atoms with Gasteiger partial charge in [-0.2, -0.15) is 0 Å². The van der Waals surface area contributed by atoms with Crippen LogP contribution in [-0.2, 0) is 36.8 Å². The van der Waals surface area contributed by atoms with E-state index in [4.69, 9.17) is 21.1 Å². The predicted octanol–water partition coefficient (Wildman–Crippen LogP) is 4.88. The molecule has 1 N–H and O–H groups in total. The second-order valence-electron chi connectivity index (χ2n) is 10.9. The highest BCUT2D eigenvalue weighted by atomic mass is 35.5. The maximum Gasteiger partial charge on any atom is 0.415 e. The van der Waals surface area contributed by atoms with Crippen molar-refractivity contribution < 1.29 is 31.7 Å². The number of ether oxygens (including phenoxy) is 2. The normalized spacial score (nSPS) is 15.6. The quantitative estimate of drug-likeness (QED) is 0.481. The van der Waals surface area contributed by atoms with Gasteiger partial charge in [0, 0.05) is 24.7 Å². The Morgan fingerprint density at radius 1 is 1.05 bits per heavy atom. The Hall–Kier alpha value is -2.67. The van der Waals surface area contributed by atoms with E-state index in [0.717, 1.165) is 5.56 Å². The Morgan fingerprint density at radius 3 is 2.31 bits per heavy atom. The van der Waals surface area contributed by atoms with Crippen molar-refractivity contribution in [3.05, 3.63) is 53.1 Å². The van der Waals surface area contributed by atoms with Crippen LogP contribution >= 0.6 is 11.6 Å². The van der Waals surface area contributed by atoms with E-state index in [1.807, 2.05) is 0 Å². The summed E-state index contributed by atoms with van der Waals surface area (Å²) in [7, 11) is -5.95. The summed E-state index contributed by atoms with van der Waals surface area (Å²) in [4.78, 5) is 27.9. The van der Waals surface area contributed by atoms with Crippen LogP contribution in [0.1, 0.15) is 47.1 Å². The maximum atomic E-state index is 13.3. The highest BCUT2D eigenvalue weighted by molar-refractivity contribution is 7.91. The summed E-state index contributed by atoms with van der Waals surface area (Å²) >= 11 is 6.08. The SMILES string of the molecule is CC(C)(C)OC(=O)N(CCNS(=O)(=O)c1cccc2c1S(=O)CN2C(=O)OC(C)(C)C)Cc1cccc(Cl)c1. The van der Waals surface area contributed by atoms with Crippen molar-refractivity contribution in [1.29, 1.82) is 0 Å². The molecule has 1 aliphatic rings. The topological polar surface area (TPSA) is 122 Å². The van der Waals surface area contributed by atoms with Gasteiger partial charge in [-0.1, -0.05) is 29.8 Å². The van der Waals surface area contributed by atoms with Crippen LogP contribution in [0.15, 0.2) is 52.3 Å². The number of fused-ring (bicyclic) bond motifs is 1. The molecule has 0 aliphatic carbocycles. The van der Waals surface area contributed by atoms with Gasteiger partial charge in [0.05, 0.1) is 21.4 Å². The van der Waals surface area contributed by atoms with E-state index in [1.165, 1.54) is 28.0 Å². The van der Waals surface area contributed by atoms with Crippen LogP contribution in [0, 0.1) is 0 Å². The average Bonchev–Trinajstić information content (AvgIpc) is 3.13. The summed E-state index contributed by atoms with van der Waals surface area (Å²) in [6.07, 6.45) is -1.33. The third-order valence-corrected chi connectivity index (χ3v) is 8.46. The van der Waals surface area contributed by atoms with Gasteiger partial charge in [0.2, 0.25) is 10.0 Å². The smallest absolute Gasteiger partial charge is 0.415 e. The lowest BCUT2D eigenvalue weighted by molar-refractivity contribution is 0.0237. The van der Waals surface area contributed by atoms with Gasteiger partial charge in [0.1, 0.15) is 22.0 Å². The van der Waals surface area contributed by atoms with Crippen LogP contribution in [0.4, 0.5) is 15.3 Å². The fourth-order valence-electron chi connectivity index (χ4n) is 3.69. The molecule has 2 aromatic carbocycles. The van der Waals surface area contributed by atoms with Gasteiger partial charge in [0.25, 0.3) is 0 Å². The number of benzene rings is 2. The minimum Gasteiger partial charge on any atom is -0.444 e. The largest absolute Gasteiger partial charge is 0.444 e. The van der Waals surface area contributed by atoms with Crippen molar-refractivity contribution in [3.63, 3.8) is 0 Å². The Kier molecular flexibility index (Phi) is 9.36. The molecule has 0 saturated carbocycles. The number of hydrogen-bond donors (Lipinski definition) is 1. The summed E-state index contributed by atoms with van der Waals surface area (Å²) in [6, 6.07) is 11.3. The molecule has 0 aromatic heterocycles. The van der Waals surface area contributed by atoms with E-state index in [2.05, 4.69) is 4.72 Å². The number of hydrogen-bond acceptors (Lipinski definition) is 7. The highest BCUT2D eigenvalue weighted by Gasteiger charge is 2.37. The second kappa shape index (κ2) is 11.8. The number of amides is 2. The molecule has 0 fully saturated rings. The Balaban J connectivity index is 1.79. The zero-order valence-electron chi connectivity index (χ0n) is 22.8. The van der Waals surface area contributed by atoms with Crippen molar-refractivity contribution >= 4 is 50.3 Å². The summed E-state index contributed by atoms with van der Waals surface area (Å²) < 4.78 is 52.9. The van der Waals surface area contributed by atoms with Crippen molar-refractivity contribution in [2.45, 2.75) is 69.1 Å². The molecule has 1 aliphatic heterocycles. The van der Waals surface area contributed by atoms with Crippen LogP contribution in [0.2, 0.25) is 5.02 Å². The third-order valence-electron chi connectivity index (χ3n) is 5.21. The Morgan fingerprint density at radius 2 is 1.69 bits per heavy atom. The van der Waals surface area contributed by atoms with Crippen LogP contribution in [0.5, 0.6) is 0 Å². The number of carbonyl (C=O) groups is 2. The fraction of sp³-hybridized carbons (Fsp3) is 0.462. The van der Waals surface area contributed by atoms with Gasteiger partial charge < -0.3 is 14.4 Å². The van der Waals surface area contributed by atoms with E-state index in [-0.39, 0.29) is 41.0 Å². The molecular weight excluding hydrogens is 566 g/mol. The van der Waals surface area contributed by atoms with Crippen molar-refractivity contribution in [3.8, 4) is 0 Å².